The topological polar surface area (TPSA) is 77.2 Å². The fraction of sp³-hybridized carbons (Fsp3) is 0.357. The van der Waals surface area contributed by atoms with Crippen molar-refractivity contribution >= 4 is 11.8 Å². The van der Waals surface area contributed by atoms with E-state index in [1.54, 1.807) is 13.8 Å². The van der Waals surface area contributed by atoms with Gasteiger partial charge in [0.25, 0.3) is 0 Å². The third kappa shape index (κ3) is 3.79. The minimum atomic E-state index is -4.62. The Morgan fingerprint density at radius 2 is 2.00 bits per heavy atom. The predicted molar refractivity (Wildman–Crippen MR) is 73.9 cm³/mol. The first kappa shape index (κ1) is 16.8. The van der Waals surface area contributed by atoms with Crippen LogP contribution in [0.25, 0.3) is 0 Å². The number of oxazole rings is 1. The lowest BCUT2D eigenvalue weighted by molar-refractivity contribution is -0.141. The quantitative estimate of drug-likeness (QED) is 0.869. The molecule has 0 atom stereocenters. The van der Waals surface area contributed by atoms with Gasteiger partial charge in [-0.2, -0.15) is 13.2 Å². The maximum absolute atomic E-state index is 12.8. The molecule has 0 aromatic carbocycles. The van der Waals surface area contributed by atoms with Gasteiger partial charge in [0, 0.05) is 6.92 Å². The number of rotatable bonds is 4. The van der Waals surface area contributed by atoms with Crippen molar-refractivity contribution in [2.45, 2.75) is 26.6 Å². The molecule has 2 aromatic rings. The highest BCUT2D eigenvalue weighted by Crippen LogP contribution is 2.30. The van der Waals surface area contributed by atoms with E-state index in [1.807, 2.05) is 0 Å². The van der Waals surface area contributed by atoms with Crippen molar-refractivity contribution in [1.29, 1.82) is 0 Å². The summed E-state index contributed by atoms with van der Waals surface area (Å²) in [5, 5.41) is 2.67. The monoisotopic (exact) mass is 329 g/mol. The molecule has 0 bridgehead atoms. The van der Waals surface area contributed by atoms with E-state index >= 15 is 0 Å². The standard InChI is InChI=1S/C14H14F3N3O3/c1-7-10(23-8(2)19-7)6-18-12-9(13(21)22-3)4-5-11(20-12)14(15,16)17/h4-5H,6H2,1-3H3,(H,18,20). The van der Waals surface area contributed by atoms with E-state index in [0.29, 0.717) is 17.3 Å². The van der Waals surface area contributed by atoms with Crippen LogP contribution in [-0.4, -0.2) is 23.0 Å². The number of esters is 1. The maximum Gasteiger partial charge on any atom is 0.433 e. The average Bonchev–Trinajstić information content (AvgIpc) is 2.81. The van der Waals surface area contributed by atoms with Gasteiger partial charge in [-0.15, -0.1) is 0 Å². The smallest absolute Gasteiger partial charge is 0.433 e. The van der Waals surface area contributed by atoms with Crippen molar-refractivity contribution < 1.29 is 27.1 Å². The molecule has 0 aliphatic carbocycles. The van der Waals surface area contributed by atoms with Gasteiger partial charge in [0.2, 0.25) is 0 Å². The number of halogens is 3. The van der Waals surface area contributed by atoms with E-state index in [4.69, 9.17) is 4.42 Å². The number of ether oxygens (including phenoxy) is 1. The Kier molecular flexibility index (Phi) is 4.57. The van der Waals surface area contributed by atoms with Gasteiger partial charge < -0.3 is 14.5 Å². The highest BCUT2D eigenvalue weighted by molar-refractivity contribution is 5.94. The summed E-state index contributed by atoms with van der Waals surface area (Å²) in [5.41, 5.74) is -0.617. The SMILES string of the molecule is COC(=O)c1ccc(C(F)(F)F)nc1NCc1oc(C)nc1C. The van der Waals surface area contributed by atoms with Crippen LogP contribution in [-0.2, 0) is 17.5 Å². The number of carbonyl (C=O) groups is 1. The van der Waals surface area contributed by atoms with E-state index in [1.165, 1.54) is 0 Å². The highest BCUT2D eigenvalue weighted by atomic mass is 19.4. The van der Waals surface area contributed by atoms with E-state index in [0.717, 1.165) is 19.2 Å². The molecule has 0 saturated carbocycles. The third-order valence-electron chi connectivity index (χ3n) is 3.01. The van der Waals surface area contributed by atoms with Crippen LogP contribution in [0.3, 0.4) is 0 Å². The molecule has 0 radical (unpaired) electrons. The first-order valence-electron chi connectivity index (χ1n) is 6.55. The van der Waals surface area contributed by atoms with Crippen molar-refractivity contribution in [2.24, 2.45) is 0 Å². The number of pyridine rings is 1. The van der Waals surface area contributed by atoms with Crippen LogP contribution in [0.1, 0.15) is 33.4 Å². The number of nitrogens with zero attached hydrogens (tertiary/aromatic N) is 2. The van der Waals surface area contributed by atoms with Crippen molar-refractivity contribution in [2.75, 3.05) is 12.4 Å². The van der Waals surface area contributed by atoms with Gasteiger partial charge in [0.1, 0.15) is 22.8 Å². The number of carbonyl (C=O) groups excluding carboxylic acids is 1. The second-order valence-electron chi connectivity index (χ2n) is 4.68. The largest absolute Gasteiger partial charge is 0.465 e. The lowest BCUT2D eigenvalue weighted by Crippen LogP contribution is -2.15. The zero-order valence-electron chi connectivity index (χ0n) is 12.6. The molecule has 1 N–H and O–H groups in total. The Labute approximate surface area is 129 Å². The number of alkyl halides is 3. The molecule has 23 heavy (non-hydrogen) atoms. The lowest BCUT2D eigenvalue weighted by atomic mass is 10.2. The summed E-state index contributed by atoms with van der Waals surface area (Å²) in [6.45, 7) is 3.39. The number of hydrogen-bond donors (Lipinski definition) is 1. The van der Waals surface area contributed by atoms with E-state index < -0.39 is 17.8 Å². The predicted octanol–water partition coefficient (Wildman–Crippen LogP) is 3.10. The maximum atomic E-state index is 12.8. The minimum Gasteiger partial charge on any atom is -0.465 e. The Hall–Kier alpha value is -2.58. The lowest BCUT2D eigenvalue weighted by Gasteiger charge is -2.12. The number of hydrogen-bond acceptors (Lipinski definition) is 6. The zero-order chi connectivity index (χ0) is 17.2. The molecule has 0 unspecified atom stereocenters. The molecule has 6 nitrogen and oxygen atoms in total. The number of anilines is 1. The van der Waals surface area contributed by atoms with Gasteiger partial charge in [-0.1, -0.05) is 0 Å². The van der Waals surface area contributed by atoms with E-state index in [2.05, 4.69) is 20.0 Å². The summed E-state index contributed by atoms with van der Waals surface area (Å²) in [7, 11) is 1.13. The molecule has 9 heteroatoms. The van der Waals surface area contributed by atoms with Gasteiger partial charge in [-0.05, 0) is 19.1 Å². The van der Waals surface area contributed by atoms with Crippen LogP contribution in [0, 0.1) is 13.8 Å². The van der Waals surface area contributed by atoms with Gasteiger partial charge in [0.05, 0.1) is 19.3 Å². The van der Waals surface area contributed by atoms with Gasteiger partial charge in [-0.25, -0.2) is 14.8 Å². The number of methoxy groups -OCH3 is 1. The summed E-state index contributed by atoms with van der Waals surface area (Å²) >= 11 is 0. The van der Waals surface area contributed by atoms with Crippen molar-refractivity contribution in [3.63, 3.8) is 0 Å². The molecule has 0 saturated heterocycles. The van der Waals surface area contributed by atoms with Crippen molar-refractivity contribution in [3.05, 3.63) is 40.7 Å². The summed E-state index contributed by atoms with van der Waals surface area (Å²) in [6.07, 6.45) is -4.62. The second-order valence-corrected chi connectivity index (χ2v) is 4.68. The normalized spacial score (nSPS) is 11.4. The third-order valence-corrected chi connectivity index (χ3v) is 3.01. The van der Waals surface area contributed by atoms with E-state index in [-0.39, 0.29) is 17.9 Å². The Balaban J connectivity index is 2.33. The van der Waals surface area contributed by atoms with Crippen molar-refractivity contribution in [3.8, 4) is 0 Å². The van der Waals surface area contributed by atoms with E-state index in [9.17, 15) is 18.0 Å². The molecule has 2 heterocycles. The molecule has 0 aliphatic rings. The molecule has 0 fully saturated rings. The Morgan fingerprint density at radius 1 is 1.30 bits per heavy atom. The van der Waals surface area contributed by atoms with Crippen LogP contribution in [0.15, 0.2) is 16.5 Å². The zero-order valence-corrected chi connectivity index (χ0v) is 12.6. The fourth-order valence-electron chi connectivity index (χ4n) is 1.93. The number of aryl methyl sites for hydroxylation is 2. The molecular weight excluding hydrogens is 315 g/mol. The van der Waals surface area contributed by atoms with Crippen LogP contribution in [0.2, 0.25) is 0 Å². The van der Waals surface area contributed by atoms with Gasteiger partial charge in [-0.3, -0.25) is 0 Å². The highest BCUT2D eigenvalue weighted by Gasteiger charge is 2.33. The molecule has 2 rings (SSSR count). The fourth-order valence-corrected chi connectivity index (χ4v) is 1.93. The molecule has 0 spiro atoms. The average molecular weight is 329 g/mol. The van der Waals surface area contributed by atoms with Gasteiger partial charge >= 0.3 is 12.1 Å². The number of nitrogens with one attached hydrogen (secondary N) is 1. The summed E-state index contributed by atoms with van der Waals surface area (Å²) in [6, 6.07) is 1.74. The summed E-state index contributed by atoms with van der Waals surface area (Å²) < 4.78 is 48.2. The summed E-state index contributed by atoms with van der Waals surface area (Å²) in [5.74, 6) is -0.152. The molecular formula is C14H14F3N3O3. The molecule has 124 valence electrons. The Morgan fingerprint density at radius 3 is 2.52 bits per heavy atom. The molecule has 2 aromatic heterocycles. The molecule has 0 aliphatic heterocycles. The number of aromatic nitrogens is 2. The van der Waals surface area contributed by atoms with Gasteiger partial charge in [0.15, 0.2) is 5.89 Å². The van der Waals surface area contributed by atoms with Crippen LogP contribution < -0.4 is 5.32 Å². The second kappa shape index (κ2) is 6.27. The van der Waals surface area contributed by atoms with Crippen LogP contribution in [0.4, 0.5) is 19.0 Å². The van der Waals surface area contributed by atoms with Crippen LogP contribution in [0.5, 0.6) is 0 Å². The minimum absolute atomic E-state index is 0.0327. The first-order valence-corrected chi connectivity index (χ1v) is 6.55. The van der Waals surface area contributed by atoms with Crippen molar-refractivity contribution in [1.82, 2.24) is 9.97 Å². The first-order chi connectivity index (χ1) is 10.7. The Bertz CT molecular complexity index is 726. The van der Waals surface area contributed by atoms with Crippen LogP contribution >= 0.6 is 0 Å². The summed E-state index contributed by atoms with van der Waals surface area (Å²) in [4.78, 5) is 19.2. The molecule has 0 amide bonds.